The van der Waals surface area contributed by atoms with Crippen molar-refractivity contribution >= 4 is 28.6 Å². The van der Waals surface area contributed by atoms with Gasteiger partial charge in [-0.2, -0.15) is 0 Å². The van der Waals surface area contributed by atoms with Gasteiger partial charge in [-0.3, -0.25) is 0 Å². The van der Waals surface area contributed by atoms with E-state index < -0.39 is 22.8 Å². The van der Waals surface area contributed by atoms with Crippen LogP contribution < -0.4 is 14.5 Å². The van der Waals surface area contributed by atoms with Crippen molar-refractivity contribution in [2.24, 2.45) is 0 Å². The lowest BCUT2D eigenvalue weighted by Gasteiger charge is -2.32. The van der Waals surface area contributed by atoms with E-state index in [1.807, 2.05) is 4.90 Å². The van der Waals surface area contributed by atoms with Crippen molar-refractivity contribution in [3.63, 3.8) is 0 Å². The topological polar surface area (TPSA) is 90.3 Å². The molecule has 0 amide bonds. The predicted octanol–water partition coefficient (Wildman–Crippen LogP) is 3.02. The summed E-state index contributed by atoms with van der Waals surface area (Å²) >= 11 is -1.25. The van der Waals surface area contributed by atoms with Crippen molar-refractivity contribution in [1.82, 2.24) is 19.9 Å². The maximum absolute atomic E-state index is 14.7. The summed E-state index contributed by atoms with van der Waals surface area (Å²) in [5.41, 5.74) is 1.24. The van der Waals surface area contributed by atoms with Gasteiger partial charge in [0.1, 0.15) is 24.5 Å². The Bertz CT molecular complexity index is 1140. The van der Waals surface area contributed by atoms with E-state index in [9.17, 15) is 13.3 Å². The van der Waals surface area contributed by atoms with Crippen LogP contribution >= 0.6 is 0 Å². The average Bonchev–Trinajstić information content (AvgIpc) is 3.25. The fourth-order valence-corrected chi connectivity index (χ4v) is 4.72. The van der Waals surface area contributed by atoms with Gasteiger partial charge in [0.05, 0.1) is 23.6 Å². The molecule has 1 unspecified atom stereocenters. The Kier molecular flexibility index (Phi) is 5.98. The smallest absolute Gasteiger partial charge is 0.225 e. The number of hydrogen-bond donors (Lipinski definition) is 0. The van der Waals surface area contributed by atoms with Crippen LogP contribution in [0.3, 0.4) is 0 Å². The first-order valence-corrected chi connectivity index (χ1v) is 12.2. The van der Waals surface area contributed by atoms with Crippen LogP contribution in [0, 0.1) is 11.6 Å². The standard InChI is InChI=1S/C22H22F2N6O2S/c1-33(31)16-2-3-19(18(24)10-16)30-9-6-17-20(30)27-13-28-21(17)32-15-4-7-29(8-5-15)22-25-11-14(23)12-26-22/h2-3,10-13,15H,4-9H2,1H3. The van der Waals surface area contributed by atoms with Gasteiger partial charge in [0, 0.05) is 38.5 Å². The molecule has 0 spiro atoms. The molecule has 172 valence electrons. The molecular weight excluding hydrogens is 450 g/mol. The molecule has 0 bridgehead atoms. The van der Waals surface area contributed by atoms with Crippen LogP contribution in [-0.4, -0.2) is 56.5 Å². The van der Waals surface area contributed by atoms with Crippen LogP contribution in [-0.2, 0) is 17.6 Å². The molecule has 0 saturated carbocycles. The van der Waals surface area contributed by atoms with Gasteiger partial charge in [0.2, 0.25) is 11.8 Å². The number of benzene rings is 1. The number of ether oxygens (including phenoxy) is 1. The van der Waals surface area contributed by atoms with Gasteiger partial charge < -0.3 is 19.1 Å². The molecule has 1 fully saturated rings. The molecule has 3 aromatic rings. The zero-order valence-corrected chi connectivity index (χ0v) is 18.8. The van der Waals surface area contributed by atoms with Crippen LogP contribution in [0.15, 0.2) is 41.8 Å². The second-order valence-electron chi connectivity index (χ2n) is 7.96. The summed E-state index contributed by atoms with van der Waals surface area (Å²) in [6, 6.07) is 4.61. The first kappa shape index (κ1) is 21.8. The van der Waals surface area contributed by atoms with Crippen LogP contribution in [0.1, 0.15) is 18.4 Å². The highest BCUT2D eigenvalue weighted by Gasteiger charge is 2.30. The monoisotopic (exact) mass is 472 g/mol. The maximum Gasteiger partial charge on any atom is 0.225 e. The minimum atomic E-state index is -1.25. The van der Waals surface area contributed by atoms with E-state index in [4.69, 9.17) is 4.74 Å². The second kappa shape index (κ2) is 9.06. The van der Waals surface area contributed by atoms with E-state index in [1.54, 1.807) is 17.0 Å². The third-order valence-electron chi connectivity index (χ3n) is 5.88. The molecule has 8 nitrogen and oxygen atoms in total. The molecule has 2 aliphatic heterocycles. The molecule has 2 aromatic heterocycles. The summed E-state index contributed by atoms with van der Waals surface area (Å²) in [6.07, 6.45) is 7.37. The Morgan fingerprint density at radius 1 is 1.06 bits per heavy atom. The molecule has 0 aliphatic carbocycles. The Labute approximate surface area is 192 Å². The predicted molar refractivity (Wildman–Crippen MR) is 119 cm³/mol. The second-order valence-corrected chi connectivity index (χ2v) is 9.34. The first-order valence-electron chi connectivity index (χ1n) is 10.6. The van der Waals surface area contributed by atoms with Crippen LogP contribution in [0.2, 0.25) is 0 Å². The number of halogens is 2. The molecule has 1 aromatic carbocycles. The molecule has 0 radical (unpaired) electrons. The number of nitrogens with zero attached hydrogens (tertiary/aromatic N) is 6. The fraction of sp³-hybridized carbons (Fsp3) is 0.364. The lowest BCUT2D eigenvalue weighted by Crippen LogP contribution is -2.39. The van der Waals surface area contributed by atoms with E-state index in [1.165, 1.54) is 31.0 Å². The normalized spacial score (nSPS) is 17.2. The number of rotatable bonds is 5. The fourth-order valence-electron chi connectivity index (χ4n) is 4.19. The highest BCUT2D eigenvalue weighted by Crippen LogP contribution is 2.38. The van der Waals surface area contributed by atoms with Crippen molar-refractivity contribution < 1.29 is 18.1 Å². The summed E-state index contributed by atoms with van der Waals surface area (Å²) in [5, 5.41) is 0. The Morgan fingerprint density at radius 3 is 2.52 bits per heavy atom. The molecule has 33 heavy (non-hydrogen) atoms. The van der Waals surface area contributed by atoms with Crippen LogP contribution in [0.5, 0.6) is 5.88 Å². The molecule has 0 N–H and O–H groups in total. The summed E-state index contributed by atoms with van der Waals surface area (Å²) in [4.78, 5) is 21.1. The van der Waals surface area contributed by atoms with E-state index in [-0.39, 0.29) is 6.10 Å². The zero-order valence-electron chi connectivity index (χ0n) is 17.9. The van der Waals surface area contributed by atoms with E-state index in [2.05, 4.69) is 19.9 Å². The Hall–Kier alpha value is -3.05. The lowest BCUT2D eigenvalue weighted by atomic mass is 10.1. The number of hydrogen-bond acceptors (Lipinski definition) is 8. The zero-order chi connectivity index (χ0) is 22.9. The van der Waals surface area contributed by atoms with Gasteiger partial charge in [-0.1, -0.05) is 0 Å². The van der Waals surface area contributed by atoms with Crippen molar-refractivity contribution in [3.8, 4) is 5.88 Å². The number of fused-ring (bicyclic) bond motifs is 1. The van der Waals surface area contributed by atoms with Gasteiger partial charge in [-0.05, 0) is 29.7 Å². The van der Waals surface area contributed by atoms with Crippen molar-refractivity contribution in [2.75, 3.05) is 35.7 Å². The number of piperidine rings is 1. The van der Waals surface area contributed by atoms with E-state index >= 15 is 0 Å². The Balaban J connectivity index is 1.28. The average molecular weight is 473 g/mol. The minimum Gasteiger partial charge on any atom is -0.612 e. The third-order valence-corrected chi connectivity index (χ3v) is 6.79. The Morgan fingerprint density at radius 2 is 1.82 bits per heavy atom. The van der Waals surface area contributed by atoms with Crippen LogP contribution in [0.25, 0.3) is 0 Å². The summed E-state index contributed by atoms with van der Waals surface area (Å²) in [7, 11) is 0. The molecule has 1 atom stereocenters. The number of anilines is 3. The largest absolute Gasteiger partial charge is 0.612 e. The lowest BCUT2D eigenvalue weighted by molar-refractivity contribution is 0.162. The minimum absolute atomic E-state index is 0.0368. The maximum atomic E-state index is 14.7. The van der Waals surface area contributed by atoms with Crippen molar-refractivity contribution in [3.05, 3.63) is 54.1 Å². The molecule has 1 saturated heterocycles. The molecule has 2 aliphatic rings. The summed E-state index contributed by atoms with van der Waals surface area (Å²) in [5.74, 6) is 0.757. The van der Waals surface area contributed by atoms with Crippen molar-refractivity contribution in [1.29, 1.82) is 0 Å². The summed E-state index contributed by atoms with van der Waals surface area (Å²) in [6.45, 7) is 1.92. The van der Waals surface area contributed by atoms with Gasteiger partial charge in [-0.25, -0.2) is 28.7 Å². The van der Waals surface area contributed by atoms with Gasteiger partial charge in [-0.15, -0.1) is 0 Å². The highest BCUT2D eigenvalue weighted by atomic mass is 32.2. The molecule has 5 rings (SSSR count). The van der Waals surface area contributed by atoms with Gasteiger partial charge in [0.25, 0.3) is 0 Å². The summed E-state index contributed by atoms with van der Waals surface area (Å²) < 4.78 is 45.7. The van der Waals surface area contributed by atoms with Gasteiger partial charge >= 0.3 is 0 Å². The SMILES string of the molecule is C[S+]([O-])c1ccc(N2CCc3c(OC4CCN(c5ncc(F)cn5)CC4)ncnc32)c(F)c1. The van der Waals surface area contributed by atoms with Crippen molar-refractivity contribution in [2.45, 2.75) is 30.3 Å². The highest BCUT2D eigenvalue weighted by molar-refractivity contribution is 7.90. The third kappa shape index (κ3) is 4.42. The molecule has 11 heteroatoms. The molecule has 4 heterocycles. The van der Waals surface area contributed by atoms with E-state index in [0.717, 1.165) is 18.4 Å². The first-order chi connectivity index (χ1) is 16.0. The quantitative estimate of drug-likeness (QED) is 0.524. The van der Waals surface area contributed by atoms with E-state index in [0.29, 0.717) is 54.3 Å². The molecular formula is C22H22F2N6O2S. The van der Waals surface area contributed by atoms with Gasteiger partial charge in [0.15, 0.2) is 16.5 Å². The van der Waals surface area contributed by atoms with Crippen LogP contribution in [0.4, 0.5) is 26.2 Å². The number of aromatic nitrogens is 4.